The molecule has 1 heterocycles. The second kappa shape index (κ2) is 6.07. The highest BCUT2D eigenvalue weighted by Gasteiger charge is 2.33. The van der Waals surface area contributed by atoms with Gasteiger partial charge in [0, 0.05) is 29.9 Å². The number of rotatable bonds is 3. The van der Waals surface area contributed by atoms with E-state index in [0.717, 1.165) is 6.26 Å². The molecule has 114 valence electrons. The van der Waals surface area contributed by atoms with E-state index in [-0.39, 0.29) is 10.5 Å². The Kier molecular flexibility index (Phi) is 4.58. The molecule has 6 nitrogen and oxygen atoms in total. The molecule has 1 atom stereocenters. The molecule has 0 radical (unpaired) electrons. The van der Waals surface area contributed by atoms with Crippen LogP contribution >= 0.6 is 11.8 Å². The van der Waals surface area contributed by atoms with Gasteiger partial charge in [-0.05, 0) is 18.2 Å². The Morgan fingerprint density at radius 1 is 1.38 bits per heavy atom. The SMILES string of the molecule is CS(=O)(=O)c1cccc(C(=O)N2CCSCC2C(=O)O)c1. The Hall–Kier alpha value is -1.54. The van der Waals surface area contributed by atoms with Gasteiger partial charge in [-0.25, -0.2) is 13.2 Å². The van der Waals surface area contributed by atoms with Crippen LogP contribution in [0.3, 0.4) is 0 Å². The van der Waals surface area contributed by atoms with Crippen LogP contribution < -0.4 is 0 Å². The molecule has 1 aliphatic rings. The van der Waals surface area contributed by atoms with Crippen LogP contribution in [0.5, 0.6) is 0 Å². The molecule has 0 saturated carbocycles. The second-order valence-corrected chi connectivity index (χ2v) is 7.89. The fourth-order valence-corrected chi connectivity index (χ4v) is 3.78. The van der Waals surface area contributed by atoms with Crippen molar-refractivity contribution in [3.63, 3.8) is 0 Å². The molecule has 1 amide bonds. The summed E-state index contributed by atoms with van der Waals surface area (Å²) < 4.78 is 23.1. The molecule has 1 aromatic carbocycles. The minimum atomic E-state index is -3.41. The quantitative estimate of drug-likeness (QED) is 0.879. The van der Waals surface area contributed by atoms with Crippen molar-refractivity contribution in [3.05, 3.63) is 29.8 Å². The first-order valence-electron chi connectivity index (χ1n) is 6.22. The number of thioether (sulfide) groups is 1. The van der Waals surface area contributed by atoms with Crippen molar-refractivity contribution in [1.82, 2.24) is 4.90 Å². The third-order valence-electron chi connectivity index (χ3n) is 3.18. The van der Waals surface area contributed by atoms with Crippen molar-refractivity contribution >= 4 is 33.5 Å². The largest absolute Gasteiger partial charge is 0.480 e. The van der Waals surface area contributed by atoms with Crippen LogP contribution in [0.15, 0.2) is 29.2 Å². The van der Waals surface area contributed by atoms with Crippen molar-refractivity contribution in [1.29, 1.82) is 0 Å². The summed E-state index contributed by atoms with van der Waals surface area (Å²) >= 11 is 1.48. The molecule has 21 heavy (non-hydrogen) atoms. The minimum Gasteiger partial charge on any atom is -0.480 e. The highest BCUT2D eigenvalue weighted by Crippen LogP contribution is 2.20. The first-order valence-corrected chi connectivity index (χ1v) is 9.27. The number of carbonyl (C=O) groups is 2. The zero-order valence-corrected chi connectivity index (χ0v) is 13.0. The Morgan fingerprint density at radius 2 is 2.10 bits per heavy atom. The molecule has 0 bridgehead atoms. The Bertz CT molecular complexity index is 671. The van der Waals surface area contributed by atoms with Crippen LogP contribution in [0.2, 0.25) is 0 Å². The molecule has 0 spiro atoms. The van der Waals surface area contributed by atoms with E-state index in [2.05, 4.69) is 0 Å². The molecule has 1 saturated heterocycles. The van der Waals surface area contributed by atoms with Crippen LogP contribution in [0, 0.1) is 0 Å². The van der Waals surface area contributed by atoms with E-state index < -0.39 is 27.8 Å². The summed E-state index contributed by atoms with van der Waals surface area (Å²) in [4.78, 5) is 25.0. The number of carboxylic acid groups (broad SMARTS) is 1. The number of benzene rings is 1. The topological polar surface area (TPSA) is 91.8 Å². The molecule has 0 aromatic heterocycles. The molecule has 1 unspecified atom stereocenters. The third-order valence-corrected chi connectivity index (χ3v) is 5.32. The highest BCUT2D eigenvalue weighted by atomic mass is 32.2. The number of carboxylic acids is 1. The lowest BCUT2D eigenvalue weighted by Gasteiger charge is -2.32. The van der Waals surface area contributed by atoms with Crippen LogP contribution in [0.25, 0.3) is 0 Å². The fourth-order valence-electron chi connectivity index (χ4n) is 2.08. The number of hydrogen-bond acceptors (Lipinski definition) is 5. The van der Waals surface area contributed by atoms with Gasteiger partial charge in [-0.1, -0.05) is 6.07 Å². The van der Waals surface area contributed by atoms with E-state index in [1.807, 2.05) is 0 Å². The van der Waals surface area contributed by atoms with E-state index in [9.17, 15) is 23.1 Å². The van der Waals surface area contributed by atoms with Crippen molar-refractivity contribution in [3.8, 4) is 0 Å². The lowest BCUT2D eigenvalue weighted by Crippen LogP contribution is -2.50. The van der Waals surface area contributed by atoms with Gasteiger partial charge < -0.3 is 10.0 Å². The minimum absolute atomic E-state index is 0.0478. The number of carbonyl (C=O) groups excluding carboxylic acids is 1. The van der Waals surface area contributed by atoms with Gasteiger partial charge in [0.05, 0.1) is 4.90 Å². The van der Waals surface area contributed by atoms with Crippen LogP contribution in [-0.4, -0.2) is 60.6 Å². The van der Waals surface area contributed by atoms with E-state index in [1.54, 1.807) is 0 Å². The predicted molar refractivity (Wildman–Crippen MR) is 79.3 cm³/mol. The highest BCUT2D eigenvalue weighted by molar-refractivity contribution is 7.99. The van der Waals surface area contributed by atoms with Gasteiger partial charge in [0.1, 0.15) is 6.04 Å². The van der Waals surface area contributed by atoms with Gasteiger partial charge in [-0.15, -0.1) is 0 Å². The maximum atomic E-state index is 12.5. The van der Waals surface area contributed by atoms with Crippen LogP contribution in [-0.2, 0) is 14.6 Å². The summed E-state index contributed by atoms with van der Waals surface area (Å²) in [6, 6.07) is 4.80. The maximum Gasteiger partial charge on any atom is 0.327 e. The lowest BCUT2D eigenvalue weighted by atomic mass is 10.1. The standard InChI is InChI=1S/C13H15NO5S2/c1-21(18,19)10-4-2-3-9(7-10)12(15)14-5-6-20-8-11(14)13(16)17/h2-4,7,11H,5-6,8H2,1H3,(H,16,17). The average Bonchev–Trinajstić information content (AvgIpc) is 2.45. The first kappa shape index (κ1) is 15.8. The number of nitrogens with zero attached hydrogens (tertiary/aromatic N) is 1. The van der Waals surface area contributed by atoms with Crippen molar-refractivity contribution in [2.45, 2.75) is 10.9 Å². The van der Waals surface area contributed by atoms with Crippen LogP contribution in [0.4, 0.5) is 0 Å². The monoisotopic (exact) mass is 329 g/mol. The van der Waals surface area contributed by atoms with Gasteiger partial charge >= 0.3 is 5.97 Å². The van der Waals surface area contributed by atoms with Crippen molar-refractivity contribution in [2.24, 2.45) is 0 Å². The van der Waals surface area contributed by atoms with E-state index in [0.29, 0.717) is 18.1 Å². The molecule has 0 aliphatic carbocycles. The molecule has 1 aliphatic heterocycles. The molecule has 8 heteroatoms. The van der Waals surface area contributed by atoms with Crippen molar-refractivity contribution < 1.29 is 23.1 Å². The number of aliphatic carboxylic acids is 1. The lowest BCUT2D eigenvalue weighted by molar-refractivity contribution is -0.141. The Balaban J connectivity index is 2.33. The van der Waals surface area contributed by atoms with Gasteiger partial charge in [-0.3, -0.25) is 4.79 Å². The zero-order chi connectivity index (χ0) is 15.6. The Labute approximate surface area is 127 Å². The summed E-state index contributed by atoms with van der Waals surface area (Å²) in [6.45, 7) is 0.337. The summed E-state index contributed by atoms with van der Waals surface area (Å²) in [7, 11) is -3.41. The summed E-state index contributed by atoms with van der Waals surface area (Å²) in [5, 5.41) is 9.19. The molecule has 1 aromatic rings. The van der Waals surface area contributed by atoms with E-state index in [4.69, 9.17) is 0 Å². The normalized spacial score (nSPS) is 19.3. The molecular formula is C13H15NO5S2. The van der Waals surface area contributed by atoms with Gasteiger partial charge in [0.15, 0.2) is 9.84 Å². The molecule has 1 N–H and O–H groups in total. The molecule has 1 fully saturated rings. The number of amides is 1. The number of hydrogen-bond donors (Lipinski definition) is 1. The average molecular weight is 329 g/mol. The summed E-state index contributed by atoms with van der Waals surface area (Å²) in [5.74, 6) is -0.489. The summed E-state index contributed by atoms with van der Waals surface area (Å²) in [5.41, 5.74) is 0.191. The van der Waals surface area contributed by atoms with Gasteiger partial charge in [0.25, 0.3) is 5.91 Å². The first-order chi connectivity index (χ1) is 9.80. The van der Waals surface area contributed by atoms with Crippen molar-refractivity contribution in [2.75, 3.05) is 24.3 Å². The van der Waals surface area contributed by atoms with Gasteiger partial charge in [-0.2, -0.15) is 11.8 Å². The molecular weight excluding hydrogens is 314 g/mol. The Morgan fingerprint density at radius 3 is 2.71 bits per heavy atom. The zero-order valence-electron chi connectivity index (χ0n) is 11.4. The fraction of sp³-hybridized carbons (Fsp3) is 0.385. The maximum absolute atomic E-state index is 12.5. The van der Waals surface area contributed by atoms with Crippen LogP contribution in [0.1, 0.15) is 10.4 Å². The van der Waals surface area contributed by atoms with Gasteiger partial charge in [0.2, 0.25) is 0 Å². The predicted octanol–water partition coefficient (Wildman–Crippen LogP) is 0.732. The second-order valence-electron chi connectivity index (χ2n) is 4.73. The number of sulfone groups is 1. The van der Waals surface area contributed by atoms with E-state index >= 15 is 0 Å². The third kappa shape index (κ3) is 3.56. The van der Waals surface area contributed by atoms with E-state index in [1.165, 1.54) is 40.9 Å². The molecule has 2 rings (SSSR count). The summed E-state index contributed by atoms with van der Waals surface area (Å²) in [6.07, 6.45) is 1.06. The smallest absolute Gasteiger partial charge is 0.327 e.